The van der Waals surface area contributed by atoms with E-state index in [2.05, 4.69) is 29.0 Å². The molecule has 2 aromatic carbocycles. The van der Waals surface area contributed by atoms with Gasteiger partial charge in [-0.05, 0) is 55.9 Å². The average Bonchev–Trinajstić information content (AvgIpc) is 2.71. The lowest BCUT2D eigenvalue weighted by Crippen LogP contribution is -2.44. The van der Waals surface area contributed by atoms with Crippen molar-refractivity contribution >= 4 is 23.2 Å². The number of carbonyl (C=O) groups excluding carboxylic acids is 1. The number of hydrogen-bond acceptors (Lipinski definition) is 4. The summed E-state index contributed by atoms with van der Waals surface area (Å²) in [5.74, 6) is 0.786. The highest BCUT2D eigenvalue weighted by molar-refractivity contribution is 6.30. The van der Waals surface area contributed by atoms with Crippen molar-refractivity contribution in [1.29, 1.82) is 0 Å². The number of halogens is 1. The normalized spacial score (nSPS) is 14.8. The lowest BCUT2D eigenvalue weighted by molar-refractivity contribution is 0.0788. The molecule has 28 heavy (non-hydrogen) atoms. The predicted octanol–water partition coefficient (Wildman–Crippen LogP) is 3.63. The molecule has 1 fully saturated rings. The molecule has 2 aromatic rings. The molecule has 1 aliphatic rings. The summed E-state index contributed by atoms with van der Waals surface area (Å²) in [5.41, 5.74) is 1.90. The number of hydrogen-bond donors (Lipinski definition) is 0. The van der Waals surface area contributed by atoms with Crippen LogP contribution < -0.4 is 9.64 Å². The highest BCUT2D eigenvalue weighted by Gasteiger charge is 2.16. The van der Waals surface area contributed by atoms with Crippen molar-refractivity contribution in [2.45, 2.75) is 6.42 Å². The smallest absolute Gasteiger partial charge is 0.253 e. The molecule has 0 radical (unpaired) electrons. The summed E-state index contributed by atoms with van der Waals surface area (Å²) in [6.45, 7) is 5.37. The van der Waals surface area contributed by atoms with Gasteiger partial charge in [-0.15, -0.1) is 0 Å². The number of carbonyl (C=O) groups is 1. The van der Waals surface area contributed by atoms with Crippen LogP contribution in [-0.2, 0) is 0 Å². The van der Waals surface area contributed by atoms with Crippen LogP contribution in [0.5, 0.6) is 5.75 Å². The lowest BCUT2D eigenvalue weighted by Gasteiger charge is -2.34. The van der Waals surface area contributed by atoms with E-state index in [1.54, 1.807) is 11.0 Å². The first kappa shape index (κ1) is 20.5. The van der Waals surface area contributed by atoms with E-state index in [1.165, 1.54) is 5.69 Å². The maximum atomic E-state index is 12.6. The minimum atomic E-state index is 0.0349. The van der Waals surface area contributed by atoms with E-state index in [1.807, 2.05) is 37.4 Å². The summed E-state index contributed by atoms with van der Waals surface area (Å²) in [7, 11) is 3.98. The van der Waals surface area contributed by atoms with Crippen LogP contribution in [0, 0.1) is 0 Å². The largest absolute Gasteiger partial charge is 0.493 e. The zero-order valence-corrected chi connectivity index (χ0v) is 17.4. The summed E-state index contributed by atoms with van der Waals surface area (Å²) in [5, 5.41) is 0.657. The Morgan fingerprint density at radius 1 is 1.11 bits per heavy atom. The average molecular weight is 402 g/mol. The van der Waals surface area contributed by atoms with Gasteiger partial charge in [0.2, 0.25) is 0 Å². The molecule has 150 valence electrons. The first-order chi connectivity index (χ1) is 13.5. The van der Waals surface area contributed by atoms with Crippen molar-refractivity contribution in [2.75, 3.05) is 58.3 Å². The van der Waals surface area contributed by atoms with E-state index < -0.39 is 0 Å². The van der Waals surface area contributed by atoms with Crippen LogP contribution in [0.3, 0.4) is 0 Å². The van der Waals surface area contributed by atoms with Crippen LogP contribution in [-0.4, -0.2) is 69.1 Å². The van der Waals surface area contributed by atoms with Crippen molar-refractivity contribution in [1.82, 2.24) is 9.80 Å². The second-order valence-corrected chi connectivity index (χ2v) is 7.66. The van der Waals surface area contributed by atoms with E-state index in [9.17, 15) is 4.79 Å². The first-order valence-corrected chi connectivity index (χ1v) is 10.1. The zero-order valence-electron chi connectivity index (χ0n) is 16.6. The van der Waals surface area contributed by atoms with Gasteiger partial charge in [-0.1, -0.05) is 17.7 Å². The third-order valence-corrected chi connectivity index (χ3v) is 5.27. The predicted molar refractivity (Wildman–Crippen MR) is 115 cm³/mol. The van der Waals surface area contributed by atoms with Gasteiger partial charge in [0.25, 0.3) is 5.91 Å². The summed E-state index contributed by atoms with van der Waals surface area (Å²) in [6, 6.07) is 15.3. The van der Waals surface area contributed by atoms with Crippen molar-refractivity contribution in [3.05, 3.63) is 59.1 Å². The Hall–Kier alpha value is -2.24. The maximum absolute atomic E-state index is 12.6. The van der Waals surface area contributed by atoms with Crippen LogP contribution in [0.1, 0.15) is 16.8 Å². The monoisotopic (exact) mass is 401 g/mol. The van der Waals surface area contributed by atoms with Gasteiger partial charge in [0.1, 0.15) is 5.75 Å². The van der Waals surface area contributed by atoms with Crippen molar-refractivity contribution < 1.29 is 9.53 Å². The molecule has 6 heteroatoms. The third kappa shape index (κ3) is 5.63. The standard InChI is InChI=1S/C22H28ClN3O2/c1-24-12-14-26(15-13-24)20-9-7-18(8-10-20)22(27)25(2)11-4-16-28-21-6-3-5-19(23)17-21/h3,5-10,17H,4,11-16H2,1-2H3. The summed E-state index contributed by atoms with van der Waals surface area (Å²) in [4.78, 5) is 19.1. The lowest BCUT2D eigenvalue weighted by atomic mass is 10.1. The minimum Gasteiger partial charge on any atom is -0.493 e. The molecule has 1 amide bonds. The van der Waals surface area contributed by atoms with E-state index in [-0.39, 0.29) is 5.91 Å². The number of likely N-dealkylation sites (N-methyl/N-ethyl adjacent to an activating group) is 1. The molecule has 1 aliphatic heterocycles. The molecule has 0 bridgehead atoms. The number of benzene rings is 2. The van der Waals surface area contributed by atoms with Gasteiger partial charge in [-0.2, -0.15) is 0 Å². The van der Waals surface area contributed by atoms with Gasteiger partial charge in [-0.25, -0.2) is 0 Å². The topological polar surface area (TPSA) is 36.0 Å². The van der Waals surface area contributed by atoms with E-state index in [0.29, 0.717) is 18.2 Å². The van der Waals surface area contributed by atoms with E-state index in [0.717, 1.165) is 43.9 Å². The second-order valence-electron chi connectivity index (χ2n) is 7.22. The number of amides is 1. The summed E-state index contributed by atoms with van der Waals surface area (Å²) >= 11 is 5.95. The molecular weight excluding hydrogens is 374 g/mol. The van der Waals surface area contributed by atoms with Crippen molar-refractivity contribution in [3.63, 3.8) is 0 Å². The van der Waals surface area contributed by atoms with E-state index >= 15 is 0 Å². The molecule has 1 heterocycles. The third-order valence-electron chi connectivity index (χ3n) is 5.03. The minimum absolute atomic E-state index is 0.0349. The summed E-state index contributed by atoms with van der Waals surface area (Å²) in [6.07, 6.45) is 0.758. The van der Waals surface area contributed by atoms with Gasteiger partial charge in [0, 0.05) is 56.0 Å². The molecule has 0 aliphatic carbocycles. The van der Waals surface area contributed by atoms with Gasteiger partial charge < -0.3 is 19.4 Å². The number of rotatable bonds is 7. The fourth-order valence-corrected chi connectivity index (χ4v) is 3.43. The molecule has 1 saturated heterocycles. The molecule has 0 saturated carbocycles. The highest BCUT2D eigenvalue weighted by Crippen LogP contribution is 2.19. The Bertz CT molecular complexity index is 774. The number of nitrogens with zero attached hydrogens (tertiary/aromatic N) is 3. The molecule has 3 rings (SSSR count). The Morgan fingerprint density at radius 3 is 2.50 bits per heavy atom. The maximum Gasteiger partial charge on any atom is 0.253 e. The van der Waals surface area contributed by atoms with Crippen LogP contribution in [0.15, 0.2) is 48.5 Å². The molecule has 0 aromatic heterocycles. The van der Waals surface area contributed by atoms with Crippen LogP contribution in [0.4, 0.5) is 5.69 Å². The van der Waals surface area contributed by atoms with Crippen molar-refractivity contribution in [3.8, 4) is 5.75 Å². The van der Waals surface area contributed by atoms with Gasteiger partial charge >= 0.3 is 0 Å². The van der Waals surface area contributed by atoms with Gasteiger partial charge in [0.15, 0.2) is 0 Å². The van der Waals surface area contributed by atoms with Crippen molar-refractivity contribution in [2.24, 2.45) is 0 Å². The fourth-order valence-electron chi connectivity index (χ4n) is 3.25. The highest BCUT2D eigenvalue weighted by atomic mass is 35.5. The molecule has 5 nitrogen and oxygen atoms in total. The SMILES string of the molecule is CN1CCN(c2ccc(C(=O)N(C)CCCOc3cccc(Cl)c3)cc2)CC1. The van der Waals surface area contributed by atoms with Crippen LogP contribution in [0.25, 0.3) is 0 Å². The fraction of sp³-hybridized carbons (Fsp3) is 0.409. The molecule has 0 spiro atoms. The van der Waals surface area contributed by atoms with Crippen LogP contribution in [0.2, 0.25) is 5.02 Å². The quantitative estimate of drug-likeness (QED) is 0.664. The number of piperazine rings is 1. The molecule has 0 atom stereocenters. The Balaban J connectivity index is 1.45. The zero-order chi connectivity index (χ0) is 19.9. The Kier molecular flexibility index (Phi) is 7.18. The molecular formula is C22H28ClN3O2. The number of ether oxygens (including phenoxy) is 1. The van der Waals surface area contributed by atoms with Crippen LogP contribution >= 0.6 is 11.6 Å². The van der Waals surface area contributed by atoms with Gasteiger partial charge in [0.05, 0.1) is 6.61 Å². The summed E-state index contributed by atoms with van der Waals surface area (Å²) < 4.78 is 5.68. The number of anilines is 1. The van der Waals surface area contributed by atoms with E-state index in [4.69, 9.17) is 16.3 Å². The molecule has 0 N–H and O–H groups in total. The first-order valence-electron chi connectivity index (χ1n) is 9.70. The van der Waals surface area contributed by atoms with Gasteiger partial charge in [-0.3, -0.25) is 4.79 Å². The Labute approximate surface area is 172 Å². The second kappa shape index (κ2) is 9.80. The molecule has 0 unspecified atom stereocenters. The Morgan fingerprint density at radius 2 is 1.82 bits per heavy atom.